The number of rotatable bonds is 1. The van der Waals surface area contributed by atoms with Crippen molar-refractivity contribution in [2.75, 3.05) is 0 Å². The Morgan fingerprint density at radius 1 is 1.38 bits per heavy atom. The highest BCUT2D eigenvalue weighted by atomic mass is 79.9. The molecule has 0 unspecified atom stereocenters. The van der Waals surface area contributed by atoms with Gasteiger partial charge in [-0.1, -0.05) is 11.6 Å². The molecule has 1 rings (SSSR count). The van der Waals surface area contributed by atoms with Crippen LogP contribution < -0.4 is 0 Å². The maximum absolute atomic E-state index is 13.0. The lowest BCUT2D eigenvalue weighted by Gasteiger charge is -2.00. The van der Waals surface area contributed by atoms with E-state index in [1.54, 1.807) is 0 Å². The average Bonchev–Trinajstić information content (AvgIpc) is 1.98. The van der Waals surface area contributed by atoms with E-state index in [1.807, 2.05) is 0 Å². The van der Waals surface area contributed by atoms with Crippen molar-refractivity contribution in [1.29, 1.82) is 0 Å². The Morgan fingerprint density at radius 2 is 1.92 bits per heavy atom. The number of hydrogen-bond acceptors (Lipinski definition) is 2. The van der Waals surface area contributed by atoms with Crippen LogP contribution in [0.15, 0.2) is 21.5 Å². The molecule has 1 aromatic rings. The lowest BCUT2D eigenvalue weighted by Crippen LogP contribution is -1.97. The van der Waals surface area contributed by atoms with E-state index in [0.717, 1.165) is 12.1 Å². The van der Waals surface area contributed by atoms with Crippen LogP contribution in [-0.2, 0) is 10.2 Å². The minimum Gasteiger partial charge on any atom is -0.204 e. The zero-order valence-electron chi connectivity index (χ0n) is 5.89. The Bertz CT molecular complexity index is 446. The Hall–Kier alpha value is -0.200. The van der Waals surface area contributed by atoms with Gasteiger partial charge in [0, 0.05) is 4.47 Å². The lowest BCUT2D eigenvalue weighted by atomic mass is 10.3. The predicted octanol–water partition coefficient (Wildman–Crippen LogP) is 2.90. The Morgan fingerprint density at radius 3 is 2.38 bits per heavy atom. The first kappa shape index (κ1) is 10.9. The second-order valence-corrected chi connectivity index (χ2v) is 4.66. The molecule has 0 amide bonds. The fourth-order valence-electron chi connectivity index (χ4n) is 0.696. The van der Waals surface area contributed by atoms with Gasteiger partial charge in [0.1, 0.15) is 4.90 Å². The van der Waals surface area contributed by atoms with Gasteiger partial charge in [0.15, 0.2) is 5.82 Å². The topological polar surface area (TPSA) is 34.1 Å². The van der Waals surface area contributed by atoms with E-state index >= 15 is 0 Å². The molecule has 0 aromatic heterocycles. The first-order valence-corrected chi connectivity index (χ1v) is 5.47. The molecule has 0 N–H and O–H groups in total. The van der Waals surface area contributed by atoms with Crippen molar-refractivity contribution in [3.8, 4) is 0 Å². The van der Waals surface area contributed by atoms with Crippen LogP contribution in [0.5, 0.6) is 0 Å². The van der Waals surface area contributed by atoms with Gasteiger partial charge in [0.25, 0.3) is 0 Å². The second kappa shape index (κ2) is 3.51. The number of halogens is 4. The van der Waals surface area contributed by atoms with Gasteiger partial charge in [-0.25, -0.2) is 4.39 Å². The predicted molar refractivity (Wildman–Crippen MR) is 47.4 cm³/mol. The van der Waals surface area contributed by atoms with Crippen molar-refractivity contribution in [2.24, 2.45) is 0 Å². The quantitative estimate of drug-likeness (QED) is 0.589. The molecule has 0 heterocycles. The second-order valence-electron chi connectivity index (χ2n) is 2.11. The molecule has 1 aromatic carbocycles. The Balaban J connectivity index is 3.53. The molecule has 0 fully saturated rings. The molecule has 0 aliphatic carbocycles. The standard InChI is InChI=1S/C6H2BrClF2O2S/c7-3-1-2-4(13(10,11)12)6(9)5(3)8/h1-2H. The van der Waals surface area contributed by atoms with Crippen molar-refractivity contribution < 1.29 is 16.7 Å². The van der Waals surface area contributed by atoms with Crippen LogP contribution in [0.1, 0.15) is 0 Å². The summed E-state index contributed by atoms with van der Waals surface area (Å²) in [4.78, 5) is -1.05. The van der Waals surface area contributed by atoms with E-state index in [-0.39, 0.29) is 4.47 Å². The van der Waals surface area contributed by atoms with Crippen LogP contribution in [0.3, 0.4) is 0 Å². The van der Waals surface area contributed by atoms with E-state index in [0.29, 0.717) is 0 Å². The van der Waals surface area contributed by atoms with Crippen LogP contribution >= 0.6 is 27.5 Å². The summed E-state index contributed by atoms with van der Waals surface area (Å²) in [6.45, 7) is 0. The SMILES string of the molecule is O=S(=O)(F)c1ccc(Br)c(Cl)c1F. The molecule has 0 aliphatic heterocycles. The fraction of sp³-hybridized carbons (Fsp3) is 0. The van der Waals surface area contributed by atoms with Crippen molar-refractivity contribution >= 4 is 37.8 Å². The van der Waals surface area contributed by atoms with E-state index in [9.17, 15) is 16.7 Å². The number of benzene rings is 1. The van der Waals surface area contributed by atoms with Crippen LogP contribution in [0.25, 0.3) is 0 Å². The average molecular weight is 292 g/mol. The molecule has 0 saturated heterocycles. The molecule has 7 heteroatoms. The van der Waals surface area contributed by atoms with Gasteiger partial charge < -0.3 is 0 Å². The minimum absolute atomic E-state index is 0.166. The van der Waals surface area contributed by atoms with Gasteiger partial charge in [-0.15, -0.1) is 3.89 Å². The van der Waals surface area contributed by atoms with Gasteiger partial charge >= 0.3 is 10.2 Å². The largest absolute Gasteiger partial charge is 0.335 e. The fourth-order valence-corrected chi connectivity index (χ4v) is 1.77. The molecule has 13 heavy (non-hydrogen) atoms. The van der Waals surface area contributed by atoms with Gasteiger partial charge in [0.05, 0.1) is 5.02 Å². The summed E-state index contributed by atoms with van der Waals surface area (Å²) in [6, 6.07) is 1.94. The summed E-state index contributed by atoms with van der Waals surface area (Å²) >= 11 is 8.19. The molecule has 0 aliphatic rings. The van der Waals surface area contributed by atoms with E-state index in [4.69, 9.17) is 11.6 Å². The lowest BCUT2D eigenvalue weighted by molar-refractivity contribution is 0.533. The molecule has 0 atom stereocenters. The normalized spacial score (nSPS) is 11.7. The van der Waals surface area contributed by atoms with E-state index in [1.165, 1.54) is 0 Å². The summed E-state index contributed by atoms with van der Waals surface area (Å²) in [5.74, 6) is -1.29. The highest BCUT2D eigenvalue weighted by Gasteiger charge is 2.21. The maximum atomic E-state index is 13.0. The summed E-state index contributed by atoms with van der Waals surface area (Å²) in [7, 11) is -5.05. The summed E-state index contributed by atoms with van der Waals surface area (Å²) in [5.41, 5.74) is 0. The molecule has 0 bridgehead atoms. The first-order chi connectivity index (χ1) is 5.84. The summed E-state index contributed by atoms with van der Waals surface area (Å²) in [6.07, 6.45) is 0. The zero-order chi connectivity index (χ0) is 10.2. The summed E-state index contributed by atoms with van der Waals surface area (Å²) in [5, 5.41) is -0.460. The van der Waals surface area contributed by atoms with Crippen LogP contribution in [0, 0.1) is 5.82 Å². The third-order valence-electron chi connectivity index (χ3n) is 1.26. The van der Waals surface area contributed by atoms with Crippen molar-refractivity contribution in [3.63, 3.8) is 0 Å². The van der Waals surface area contributed by atoms with Crippen LogP contribution in [0.4, 0.5) is 8.28 Å². The Labute approximate surface area is 86.9 Å². The van der Waals surface area contributed by atoms with Crippen molar-refractivity contribution in [3.05, 3.63) is 27.4 Å². The molecule has 0 radical (unpaired) electrons. The molecule has 0 spiro atoms. The monoisotopic (exact) mass is 290 g/mol. The summed E-state index contributed by atoms with van der Waals surface area (Å²) < 4.78 is 46.2. The number of hydrogen-bond donors (Lipinski definition) is 0. The van der Waals surface area contributed by atoms with Crippen LogP contribution in [0.2, 0.25) is 5.02 Å². The highest BCUT2D eigenvalue weighted by Crippen LogP contribution is 2.30. The van der Waals surface area contributed by atoms with Crippen molar-refractivity contribution in [2.45, 2.75) is 4.90 Å². The van der Waals surface area contributed by atoms with E-state index in [2.05, 4.69) is 15.9 Å². The molecule has 0 saturated carbocycles. The molecular formula is C6H2BrClF2O2S. The van der Waals surface area contributed by atoms with Gasteiger partial charge in [-0.2, -0.15) is 8.42 Å². The van der Waals surface area contributed by atoms with E-state index < -0.39 is 26.0 Å². The third-order valence-corrected chi connectivity index (χ3v) is 3.36. The van der Waals surface area contributed by atoms with Crippen molar-refractivity contribution in [1.82, 2.24) is 0 Å². The van der Waals surface area contributed by atoms with Gasteiger partial charge in [0.2, 0.25) is 0 Å². The highest BCUT2D eigenvalue weighted by molar-refractivity contribution is 9.10. The zero-order valence-corrected chi connectivity index (χ0v) is 9.05. The smallest absolute Gasteiger partial charge is 0.204 e. The third kappa shape index (κ3) is 2.18. The first-order valence-electron chi connectivity index (χ1n) is 2.92. The van der Waals surface area contributed by atoms with Gasteiger partial charge in [-0.3, -0.25) is 0 Å². The van der Waals surface area contributed by atoms with Crippen LogP contribution in [-0.4, -0.2) is 8.42 Å². The molecule has 2 nitrogen and oxygen atoms in total. The molecule has 72 valence electrons. The van der Waals surface area contributed by atoms with Gasteiger partial charge in [-0.05, 0) is 28.1 Å². The maximum Gasteiger partial charge on any atom is 0.335 e. The molecular weight excluding hydrogens is 289 g/mol. The minimum atomic E-state index is -5.05. The Kier molecular flexibility index (Phi) is 2.94.